The van der Waals surface area contributed by atoms with Crippen molar-refractivity contribution in [3.63, 3.8) is 0 Å². The van der Waals surface area contributed by atoms with Crippen molar-refractivity contribution in [1.29, 1.82) is 0 Å². The minimum atomic E-state index is -0.199. The first-order valence-corrected chi connectivity index (χ1v) is 5.70. The molecule has 0 aliphatic carbocycles. The van der Waals surface area contributed by atoms with Gasteiger partial charge in [-0.05, 0) is 37.3 Å². The molecule has 1 amide bonds. The summed E-state index contributed by atoms with van der Waals surface area (Å²) in [6, 6.07) is 6.75. The van der Waals surface area contributed by atoms with Crippen LogP contribution in [-0.4, -0.2) is 37.3 Å². The molecular formula is C14H17NO3. The zero-order valence-corrected chi connectivity index (χ0v) is 10.8. The molecule has 0 unspecified atom stereocenters. The second-order valence-corrected chi connectivity index (χ2v) is 3.78. The van der Waals surface area contributed by atoms with E-state index in [-0.39, 0.29) is 11.7 Å². The number of rotatable bonds is 5. The van der Waals surface area contributed by atoms with Crippen molar-refractivity contribution in [2.75, 3.05) is 20.7 Å². The molecular weight excluding hydrogens is 230 g/mol. The summed E-state index contributed by atoms with van der Waals surface area (Å²) in [5.74, 6) is 0.312. The van der Waals surface area contributed by atoms with Gasteiger partial charge in [-0.15, -0.1) is 0 Å². The molecule has 0 saturated heterocycles. The molecule has 4 nitrogen and oxygen atoms in total. The summed E-state index contributed by atoms with van der Waals surface area (Å²) in [4.78, 5) is 24.8. The summed E-state index contributed by atoms with van der Waals surface area (Å²) in [5.41, 5.74) is 0.527. The quantitative estimate of drug-likeness (QED) is 0.590. The summed E-state index contributed by atoms with van der Waals surface area (Å²) in [6.07, 6.45) is 2.58. The summed E-state index contributed by atoms with van der Waals surface area (Å²) < 4.78 is 5.00. The van der Waals surface area contributed by atoms with Crippen LogP contribution in [0.3, 0.4) is 0 Å². The van der Waals surface area contributed by atoms with Crippen molar-refractivity contribution in [1.82, 2.24) is 4.90 Å². The number of nitrogens with zero attached hydrogens (tertiary/aromatic N) is 1. The molecule has 1 aromatic rings. The number of carbonyl (C=O) groups excluding carboxylic acids is 2. The molecule has 0 saturated carbocycles. The molecule has 0 spiro atoms. The van der Waals surface area contributed by atoms with E-state index in [1.165, 1.54) is 17.1 Å². The predicted molar refractivity (Wildman–Crippen MR) is 69.8 cm³/mol. The van der Waals surface area contributed by atoms with Crippen molar-refractivity contribution in [3.8, 4) is 5.75 Å². The fourth-order valence-corrected chi connectivity index (χ4v) is 1.28. The number of allylic oxidation sites excluding steroid dienone is 1. The Labute approximate surface area is 107 Å². The van der Waals surface area contributed by atoms with Gasteiger partial charge in [0.05, 0.1) is 7.11 Å². The molecule has 1 aromatic carbocycles. The zero-order chi connectivity index (χ0) is 13.5. The molecule has 0 bridgehead atoms. The summed E-state index contributed by atoms with van der Waals surface area (Å²) in [5, 5.41) is 0. The topological polar surface area (TPSA) is 46.6 Å². The van der Waals surface area contributed by atoms with Gasteiger partial charge in [0.2, 0.25) is 5.91 Å². The second-order valence-electron chi connectivity index (χ2n) is 3.78. The fourth-order valence-electron chi connectivity index (χ4n) is 1.28. The molecule has 0 aromatic heterocycles. The molecule has 0 aliphatic heterocycles. The first kappa shape index (κ1) is 14.0. The minimum absolute atomic E-state index is 0.181. The van der Waals surface area contributed by atoms with E-state index in [4.69, 9.17) is 4.74 Å². The largest absolute Gasteiger partial charge is 0.497 e. The fraction of sp³-hybridized carbons (Fsp3) is 0.286. The average Bonchev–Trinajstić information content (AvgIpc) is 2.43. The SMILES string of the molecule is CCN(C)C(=O)/C=C/C(=O)c1ccc(OC)cc1. The highest BCUT2D eigenvalue weighted by atomic mass is 16.5. The zero-order valence-electron chi connectivity index (χ0n) is 10.8. The highest BCUT2D eigenvalue weighted by Crippen LogP contribution is 2.11. The summed E-state index contributed by atoms with van der Waals surface area (Å²) in [6.45, 7) is 2.48. The maximum atomic E-state index is 11.8. The van der Waals surface area contributed by atoms with E-state index in [0.717, 1.165) is 0 Å². The van der Waals surface area contributed by atoms with Crippen LogP contribution in [-0.2, 0) is 4.79 Å². The van der Waals surface area contributed by atoms with Gasteiger partial charge in [-0.2, -0.15) is 0 Å². The Morgan fingerprint density at radius 1 is 1.22 bits per heavy atom. The van der Waals surface area contributed by atoms with Gasteiger partial charge in [0.15, 0.2) is 5.78 Å². The highest BCUT2D eigenvalue weighted by molar-refractivity contribution is 6.07. The number of carbonyl (C=O) groups is 2. The van der Waals surface area contributed by atoms with Crippen molar-refractivity contribution < 1.29 is 14.3 Å². The van der Waals surface area contributed by atoms with Crippen LogP contribution in [0.25, 0.3) is 0 Å². The molecule has 0 radical (unpaired) electrons. The van der Waals surface area contributed by atoms with Crippen LogP contribution in [0.15, 0.2) is 36.4 Å². The summed E-state index contributed by atoms with van der Waals surface area (Å²) >= 11 is 0. The van der Waals surface area contributed by atoms with Crippen molar-refractivity contribution in [2.45, 2.75) is 6.92 Å². The lowest BCUT2D eigenvalue weighted by atomic mass is 10.1. The van der Waals surface area contributed by atoms with Crippen LogP contribution in [0.5, 0.6) is 5.75 Å². The molecule has 0 aliphatic rings. The van der Waals surface area contributed by atoms with E-state index >= 15 is 0 Å². The normalized spacial score (nSPS) is 10.4. The molecule has 96 valence electrons. The lowest BCUT2D eigenvalue weighted by molar-refractivity contribution is -0.124. The predicted octanol–water partition coefficient (Wildman–Crippen LogP) is 1.91. The van der Waals surface area contributed by atoms with E-state index in [1.54, 1.807) is 38.4 Å². The third-order valence-electron chi connectivity index (χ3n) is 2.60. The first-order valence-electron chi connectivity index (χ1n) is 5.70. The number of likely N-dealkylation sites (N-methyl/N-ethyl adjacent to an activating group) is 1. The van der Waals surface area contributed by atoms with Crippen LogP contribution in [0, 0.1) is 0 Å². The number of hydrogen-bond donors (Lipinski definition) is 0. The van der Waals surface area contributed by atoms with Crippen LogP contribution in [0.4, 0.5) is 0 Å². The van der Waals surface area contributed by atoms with Gasteiger partial charge in [-0.3, -0.25) is 9.59 Å². The Morgan fingerprint density at radius 2 is 1.83 bits per heavy atom. The lowest BCUT2D eigenvalue weighted by Gasteiger charge is -2.10. The average molecular weight is 247 g/mol. The number of ether oxygens (including phenoxy) is 1. The third kappa shape index (κ3) is 3.73. The van der Waals surface area contributed by atoms with Crippen molar-refractivity contribution in [2.24, 2.45) is 0 Å². The van der Waals surface area contributed by atoms with Gasteiger partial charge < -0.3 is 9.64 Å². The van der Waals surface area contributed by atoms with Gasteiger partial charge >= 0.3 is 0 Å². The number of ketones is 1. The first-order chi connectivity index (χ1) is 8.58. The molecule has 18 heavy (non-hydrogen) atoms. The van der Waals surface area contributed by atoms with Crippen LogP contribution < -0.4 is 4.74 Å². The Morgan fingerprint density at radius 3 is 2.33 bits per heavy atom. The molecule has 0 heterocycles. The van der Waals surface area contributed by atoms with Gasteiger partial charge in [0, 0.05) is 25.2 Å². The van der Waals surface area contributed by atoms with E-state index < -0.39 is 0 Å². The Balaban J connectivity index is 2.70. The summed E-state index contributed by atoms with van der Waals surface area (Å²) in [7, 11) is 3.25. The van der Waals surface area contributed by atoms with Gasteiger partial charge in [0.25, 0.3) is 0 Å². The third-order valence-corrected chi connectivity index (χ3v) is 2.60. The smallest absolute Gasteiger partial charge is 0.246 e. The number of hydrogen-bond acceptors (Lipinski definition) is 3. The van der Waals surface area contributed by atoms with Crippen LogP contribution in [0.1, 0.15) is 17.3 Å². The monoisotopic (exact) mass is 247 g/mol. The highest BCUT2D eigenvalue weighted by Gasteiger charge is 2.05. The van der Waals surface area contributed by atoms with Crippen molar-refractivity contribution >= 4 is 11.7 Å². The Hall–Kier alpha value is -2.10. The molecule has 4 heteroatoms. The Kier molecular flexibility index (Phi) is 5.11. The lowest BCUT2D eigenvalue weighted by Crippen LogP contribution is -2.24. The molecule has 0 fully saturated rings. The molecule has 0 N–H and O–H groups in total. The molecule has 0 atom stereocenters. The van der Waals surface area contributed by atoms with Gasteiger partial charge in [0.1, 0.15) is 5.75 Å². The minimum Gasteiger partial charge on any atom is -0.497 e. The van der Waals surface area contributed by atoms with Crippen LogP contribution in [0.2, 0.25) is 0 Å². The standard InChI is InChI=1S/C14H17NO3/c1-4-15(2)14(17)10-9-13(16)11-5-7-12(18-3)8-6-11/h5-10H,4H2,1-3H3/b10-9+. The molecule has 1 rings (SSSR count). The van der Waals surface area contributed by atoms with Gasteiger partial charge in [-0.1, -0.05) is 0 Å². The second kappa shape index (κ2) is 6.59. The number of benzene rings is 1. The number of methoxy groups -OCH3 is 1. The van der Waals surface area contributed by atoms with E-state index in [1.807, 2.05) is 6.92 Å². The maximum absolute atomic E-state index is 11.8. The Bertz CT molecular complexity index is 449. The van der Waals surface area contributed by atoms with Crippen LogP contribution >= 0.6 is 0 Å². The maximum Gasteiger partial charge on any atom is 0.246 e. The van der Waals surface area contributed by atoms with E-state index in [2.05, 4.69) is 0 Å². The van der Waals surface area contributed by atoms with Crippen molar-refractivity contribution in [3.05, 3.63) is 42.0 Å². The van der Waals surface area contributed by atoms with E-state index in [0.29, 0.717) is 17.9 Å². The van der Waals surface area contributed by atoms with E-state index in [9.17, 15) is 9.59 Å². The van der Waals surface area contributed by atoms with Gasteiger partial charge in [-0.25, -0.2) is 0 Å². The number of amides is 1.